The van der Waals surface area contributed by atoms with Gasteiger partial charge in [0.1, 0.15) is 0 Å². The van der Waals surface area contributed by atoms with Crippen molar-refractivity contribution < 1.29 is 9.84 Å². The molecule has 1 aliphatic heterocycles. The Labute approximate surface area is 103 Å². The molecule has 1 heterocycles. The van der Waals surface area contributed by atoms with Crippen LogP contribution in [0.25, 0.3) is 0 Å². The fourth-order valence-electron chi connectivity index (χ4n) is 2.29. The third-order valence-electron chi connectivity index (χ3n) is 3.51. The van der Waals surface area contributed by atoms with Gasteiger partial charge in [0.25, 0.3) is 0 Å². The molecule has 0 spiro atoms. The lowest BCUT2D eigenvalue weighted by atomic mass is 10.1. The second-order valence-electron chi connectivity index (χ2n) is 4.70. The highest BCUT2D eigenvalue weighted by molar-refractivity contribution is 5.51. The van der Waals surface area contributed by atoms with E-state index in [0.717, 1.165) is 19.6 Å². The molecule has 0 saturated carbocycles. The third kappa shape index (κ3) is 2.79. The van der Waals surface area contributed by atoms with Crippen LogP contribution in [0.1, 0.15) is 17.5 Å². The number of aryl methyl sites for hydroxylation is 2. The second kappa shape index (κ2) is 5.52. The number of hydrogen-bond acceptors (Lipinski definition) is 3. The lowest BCUT2D eigenvalue weighted by molar-refractivity contribution is 0.0850. The van der Waals surface area contributed by atoms with Crippen LogP contribution >= 0.6 is 0 Å². The van der Waals surface area contributed by atoms with Crippen molar-refractivity contribution in [2.45, 2.75) is 26.3 Å². The summed E-state index contributed by atoms with van der Waals surface area (Å²) in [4.78, 5) is 2.35. The molecule has 0 radical (unpaired) electrons. The van der Waals surface area contributed by atoms with Gasteiger partial charge in [0.2, 0.25) is 0 Å². The smallest absolute Gasteiger partial charge is 0.0671 e. The molecule has 17 heavy (non-hydrogen) atoms. The lowest BCUT2D eigenvalue weighted by Gasteiger charge is -2.37. The number of aliphatic hydroxyl groups excluding tert-OH is 1. The molecule has 1 aromatic rings. The van der Waals surface area contributed by atoms with Crippen molar-refractivity contribution in [3.63, 3.8) is 0 Å². The summed E-state index contributed by atoms with van der Waals surface area (Å²) in [6, 6.07) is 6.86. The van der Waals surface area contributed by atoms with Gasteiger partial charge in [0.15, 0.2) is 0 Å². The molecule has 3 nitrogen and oxygen atoms in total. The fourth-order valence-corrected chi connectivity index (χ4v) is 2.29. The summed E-state index contributed by atoms with van der Waals surface area (Å²) < 4.78 is 5.49. The zero-order valence-corrected chi connectivity index (χ0v) is 10.6. The largest absolute Gasteiger partial charge is 0.396 e. The van der Waals surface area contributed by atoms with Crippen molar-refractivity contribution in [3.05, 3.63) is 29.3 Å². The van der Waals surface area contributed by atoms with Crippen molar-refractivity contribution in [1.29, 1.82) is 0 Å². The highest BCUT2D eigenvalue weighted by Crippen LogP contribution is 2.23. The van der Waals surface area contributed by atoms with Gasteiger partial charge in [-0.15, -0.1) is 0 Å². The van der Waals surface area contributed by atoms with E-state index >= 15 is 0 Å². The van der Waals surface area contributed by atoms with Crippen molar-refractivity contribution in [1.82, 2.24) is 0 Å². The number of rotatable bonds is 3. The maximum atomic E-state index is 9.10. The monoisotopic (exact) mass is 235 g/mol. The number of anilines is 1. The van der Waals surface area contributed by atoms with E-state index in [-0.39, 0.29) is 6.61 Å². The molecule has 3 heteroatoms. The van der Waals surface area contributed by atoms with Crippen molar-refractivity contribution in [3.8, 4) is 0 Å². The van der Waals surface area contributed by atoms with Crippen LogP contribution in [0.4, 0.5) is 5.69 Å². The Morgan fingerprint density at radius 1 is 1.35 bits per heavy atom. The van der Waals surface area contributed by atoms with Crippen LogP contribution in [0.3, 0.4) is 0 Å². The average molecular weight is 235 g/mol. The molecular weight excluding hydrogens is 214 g/mol. The molecule has 1 unspecified atom stereocenters. The van der Waals surface area contributed by atoms with Gasteiger partial charge in [-0.1, -0.05) is 6.07 Å². The van der Waals surface area contributed by atoms with Crippen LogP contribution in [-0.2, 0) is 4.74 Å². The molecule has 94 valence electrons. The first-order valence-corrected chi connectivity index (χ1v) is 6.25. The Bertz CT molecular complexity index is 376. The van der Waals surface area contributed by atoms with E-state index in [2.05, 4.69) is 36.9 Å². The van der Waals surface area contributed by atoms with Gasteiger partial charge in [-0.05, 0) is 43.5 Å². The van der Waals surface area contributed by atoms with Crippen LogP contribution in [0.5, 0.6) is 0 Å². The van der Waals surface area contributed by atoms with Crippen molar-refractivity contribution in [2.24, 2.45) is 0 Å². The second-order valence-corrected chi connectivity index (χ2v) is 4.70. The van der Waals surface area contributed by atoms with Gasteiger partial charge >= 0.3 is 0 Å². The van der Waals surface area contributed by atoms with Crippen LogP contribution < -0.4 is 4.90 Å². The van der Waals surface area contributed by atoms with E-state index in [9.17, 15) is 0 Å². The number of nitrogens with zero attached hydrogens (tertiary/aromatic N) is 1. The summed E-state index contributed by atoms with van der Waals surface area (Å²) in [5, 5.41) is 9.10. The van der Waals surface area contributed by atoms with E-state index in [1.165, 1.54) is 16.8 Å². The third-order valence-corrected chi connectivity index (χ3v) is 3.51. The maximum absolute atomic E-state index is 9.10. The zero-order chi connectivity index (χ0) is 12.3. The molecule has 0 aromatic heterocycles. The first-order chi connectivity index (χ1) is 8.22. The van der Waals surface area contributed by atoms with Gasteiger partial charge < -0.3 is 14.7 Å². The molecule has 0 amide bonds. The summed E-state index contributed by atoms with van der Waals surface area (Å²) in [7, 11) is 0. The summed E-state index contributed by atoms with van der Waals surface area (Å²) in [6.45, 7) is 6.88. The number of morpholine rings is 1. The molecule has 1 aliphatic rings. The van der Waals surface area contributed by atoms with E-state index in [4.69, 9.17) is 9.84 Å². The highest BCUT2D eigenvalue weighted by atomic mass is 16.5. The molecule has 0 aliphatic carbocycles. The van der Waals surface area contributed by atoms with E-state index in [1.54, 1.807) is 0 Å². The minimum atomic E-state index is 0.218. The molecule has 0 bridgehead atoms. The molecule has 1 aromatic carbocycles. The molecule has 1 fully saturated rings. The Kier molecular flexibility index (Phi) is 4.02. The van der Waals surface area contributed by atoms with Crippen LogP contribution in [0.15, 0.2) is 18.2 Å². The molecule has 1 atom stereocenters. The van der Waals surface area contributed by atoms with E-state index < -0.39 is 0 Å². The topological polar surface area (TPSA) is 32.7 Å². The van der Waals surface area contributed by atoms with Gasteiger partial charge in [-0.25, -0.2) is 0 Å². The first-order valence-electron chi connectivity index (χ1n) is 6.25. The Morgan fingerprint density at radius 2 is 2.18 bits per heavy atom. The summed E-state index contributed by atoms with van der Waals surface area (Å²) in [5.41, 5.74) is 3.88. The van der Waals surface area contributed by atoms with E-state index in [0.29, 0.717) is 12.6 Å². The standard InChI is InChI=1S/C14H21NO2/c1-11-3-4-13(9-12(11)2)15-6-8-17-10-14(15)5-7-16/h3-4,9,14,16H,5-8,10H2,1-2H3. The quantitative estimate of drug-likeness (QED) is 0.868. The van der Waals surface area contributed by atoms with Crippen LogP contribution in [-0.4, -0.2) is 37.5 Å². The highest BCUT2D eigenvalue weighted by Gasteiger charge is 2.22. The minimum absolute atomic E-state index is 0.218. The summed E-state index contributed by atoms with van der Waals surface area (Å²) in [5.74, 6) is 0. The SMILES string of the molecule is Cc1ccc(N2CCOCC2CCO)cc1C. The Hall–Kier alpha value is -1.06. The molecule has 1 saturated heterocycles. The summed E-state index contributed by atoms with van der Waals surface area (Å²) >= 11 is 0. The first kappa shape index (κ1) is 12.4. The fraction of sp³-hybridized carbons (Fsp3) is 0.571. The number of ether oxygens (including phenoxy) is 1. The summed E-state index contributed by atoms with van der Waals surface area (Å²) in [6.07, 6.45) is 0.771. The molecular formula is C14H21NO2. The lowest BCUT2D eigenvalue weighted by Crippen LogP contribution is -2.46. The predicted octanol–water partition coefficient (Wildman–Crippen LogP) is 1.89. The predicted molar refractivity (Wildman–Crippen MR) is 69.6 cm³/mol. The number of hydrogen-bond donors (Lipinski definition) is 1. The average Bonchev–Trinajstić information content (AvgIpc) is 2.34. The van der Waals surface area contributed by atoms with Gasteiger partial charge in [0, 0.05) is 18.8 Å². The van der Waals surface area contributed by atoms with Crippen molar-refractivity contribution in [2.75, 3.05) is 31.3 Å². The number of aliphatic hydroxyl groups is 1. The van der Waals surface area contributed by atoms with Gasteiger partial charge in [0.05, 0.1) is 19.3 Å². The Balaban J connectivity index is 2.20. The molecule has 1 N–H and O–H groups in total. The van der Waals surface area contributed by atoms with Crippen molar-refractivity contribution >= 4 is 5.69 Å². The number of benzene rings is 1. The van der Waals surface area contributed by atoms with Crippen LogP contribution in [0.2, 0.25) is 0 Å². The van der Waals surface area contributed by atoms with Gasteiger partial charge in [-0.3, -0.25) is 0 Å². The molecule has 2 rings (SSSR count). The zero-order valence-electron chi connectivity index (χ0n) is 10.6. The van der Waals surface area contributed by atoms with E-state index in [1.807, 2.05) is 0 Å². The normalized spacial score (nSPS) is 20.6. The Morgan fingerprint density at radius 3 is 2.88 bits per heavy atom. The van der Waals surface area contributed by atoms with Crippen LogP contribution in [0, 0.1) is 13.8 Å². The maximum Gasteiger partial charge on any atom is 0.0671 e. The van der Waals surface area contributed by atoms with Gasteiger partial charge in [-0.2, -0.15) is 0 Å². The minimum Gasteiger partial charge on any atom is -0.396 e.